The number of hydrogen-bond acceptors (Lipinski definition) is 3. The van der Waals surface area contributed by atoms with E-state index in [2.05, 4.69) is 5.32 Å². The molecule has 1 heterocycles. The van der Waals surface area contributed by atoms with Gasteiger partial charge in [-0.25, -0.2) is 0 Å². The predicted molar refractivity (Wildman–Crippen MR) is 84.0 cm³/mol. The molecule has 0 bridgehead atoms. The van der Waals surface area contributed by atoms with Crippen molar-refractivity contribution in [2.75, 3.05) is 13.2 Å². The van der Waals surface area contributed by atoms with E-state index in [1.807, 2.05) is 44.2 Å². The molecule has 120 valence electrons. The van der Waals surface area contributed by atoms with E-state index < -0.39 is 12.1 Å². The Morgan fingerprint density at radius 2 is 2.00 bits per heavy atom. The predicted octanol–water partition coefficient (Wildman–Crippen LogP) is 1.48. The van der Waals surface area contributed by atoms with E-state index in [0.29, 0.717) is 13.0 Å². The molecule has 1 fully saturated rings. The number of hydrogen-bond donors (Lipinski definition) is 2. The van der Waals surface area contributed by atoms with Crippen molar-refractivity contribution in [3.8, 4) is 0 Å². The highest BCUT2D eigenvalue weighted by Gasteiger charge is 2.35. The maximum absolute atomic E-state index is 12.5. The van der Waals surface area contributed by atoms with Crippen LogP contribution in [0.15, 0.2) is 30.3 Å². The number of carbonyl (C=O) groups is 2. The van der Waals surface area contributed by atoms with Gasteiger partial charge in [-0.05, 0) is 18.4 Å². The standard InChI is InChI=1S/C17H24N2O3/c1-12(2)17(22)19-10-6-9-15(19)16(21)18-14(11-20)13-7-4-3-5-8-13/h3-5,7-8,12,14-15,20H,6,9-11H2,1-2H3,(H,18,21)/t14-,15?/m1/s1. The summed E-state index contributed by atoms with van der Waals surface area (Å²) in [5, 5.41) is 12.4. The Hall–Kier alpha value is -1.88. The third kappa shape index (κ3) is 3.65. The molecule has 1 aliphatic heterocycles. The molecule has 0 radical (unpaired) electrons. The first-order valence-electron chi connectivity index (χ1n) is 7.81. The molecule has 1 aromatic carbocycles. The number of nitrogens with zero attached hydrogens (tertiary/aromatic N) is 1. The maximum Gasteiger partial charge on any atom is 0.243 e. The fourth-order valence-electron chi connectivity index (χ4n) is 2.82. The third-order valence-electron chi connectivity index (χ3n) is 4.03. The molecule has 0 spiro atoms. The summed E-state index contributed by atoms with van der Waals surface area (Å²) in [6.07, 6.45) is 1.52. The summed E-state index contributed by atoms with van der Waals surface area (Å²) in [6.45, 7) is 4.15. The van der Waals surface area contributed by atoms with Gasteiger partial charge in [0.1, 0.15) is 6.04 Å². The van der Waals surface area contributed by atoms with Gasteiger partial charge in [0.15, 0.2) is 0 Å². The Balaban J connectivity index is 2.05. The Kier molecular flexibility index (Phi) is 5.55. The number of rotatable bonds is 5. The van der Waals surface area contributed by atoms with Gasteiger partial charge in [-0.2, -0.15) is 0 Å². The molecule has 2 rings (SSSR count). The van der Waals surface area contributed by atoms with Crippen molar-refractivity contribution in [3.63, 3.8) is 0 Å². The Bertz CT molecular complexity index is 516. The van der Waals surface area contributed by atoms with Crippen LogP contribution in [0.25, 0.3) is 0 Å². The number of aliphatic hydroxyl groups excluding tert-OH is 1. The van der Waals surface area contributed by atoms with Crippen LogP contribution in [0, 0.1) is 5.92 Å². The first-order valence-corrected chi connectivity index (χ1v) is 7.81. The van der Waals surface area contributed by atoms with Gasteiger partial charge >= 0.3 is 0 Å². The second kappa shape index (κ2) is 7.40. The van der Waals surface area contributed by atoms with Crippen molar-refractivity contribution in [1.82, 2.24) is 10.2 Å². The van der Waals surface area contributed by atoms with Crippen molar-refractivity contribution < 1.29 is 14.7 Å². The van der Waals surface area contributed by atoms with E-state index in [1.54, 1.807) is 4.90 Å². The van der Waals surface area contributed by atoms with Gasteiger partial charge in [0, 0.05) is 12.5 Å². The Labute approximate surface area is 131 Å². The van der Waals surface area contributed by atoms with E-state index in [4.69, 9.17) is 0 Å². The average Bonchev–Trinajstić information content (AvgIpc) is 3.01. The average molecular weight is 304 g/mol. The van der Waals surface area contributed by atoms with Gasteiger partial charge < -0.3 is 15.3 Å². The molecule has 1 aromatic rings. The molecule has 2 N–H and O–H groups in total. The summed E-state index contributed by atoms with van der Waals surface area (Å²) in [4.78, 5) is 26.4. The zero-order chi connectivity index (χ0) is 16.1. The van der Waals surface area contributed by atoms with E-state index in [1.165, 1.54) is 0 Å². The topological polar surface area (TPSA) is 69.6 Å². The second-order valence-corrected chi connectivity index (χ2v) is 6.00. The van der Waals surface area contributed by atoms with E-state index in [9.17, 15) is 14.7 Å². The van der Waals surface area contributed by atoms with Crippen LogP contribution in [-0.2, 0) is 9.59 Å². The van der Waals surface area contributed by atoms with Crippen molar-refractivity contribution in [2.24, 2.45) is 5.92 Å². The molecule has 2 amide bonds. The van der Waals surface area contributed by atoms with E-state index in [0.717, 1.165) is 12.0 Å². The van der Waals surface area contributed by atoms with E-state index >= 15 is 0 Å². The summed E-state index contributed by atoms with van der Waals surface area (Å²) >= 11 is 0. The van der Waals surface area contributed by atoms with Crippen LogP contribution in [0.3, 0.4) is 0 Å². The molecule has 0 aliphatic carbocycles. The first-order chi connectivity index (χ1) is 10.5. The molecule has 2 atom stereocenters. The minimum atomic E-state index is -0.440. The molecule has 1 unspecified atom stereocenters. The van der Waals surface area contributed by atoms with Gasteiger partial charge in [-0.15, -0.1) is 0 Å². The minimum absolute atomic E-state index is 0.0120. The zero-order valence-electron chi connectivity index (χ0n) is 13.2. The number of aliphatic hydroxyl groups is 1. The minimum Gasteiger partial charge on any atom is -0.394 e. The largest absolute Gasteiger partial charge is 0.394 e. The normalized spacial score (nSPS) is 19.3. The third-order valence-corrected chi connectivity index (χ3v) is 4.03. The number of benzene rings is 1. The number of carbonyl (C=O) groups excluding carboxylic acids is 2. The number of nitrogens with one attached hydrogen (secondary N) is 1. The second-order valence-electron chi connectivity index (χ2n) is 6.00. The Morgan fingerprint density at radius 3 is 2.59 bits per heavy atom. The van der Waals surface area contributed by atoms with E-state index in [-0.39, 0.29) is 24.3 Å². The molecule has 0 aromatic heterocycles. The first kappa shape index (κ1) is 16.5. The lowest BCUT2D eigenvalue weighted by Gasteiger charge is -2.27. The van der Waals surface area contributed by atoms with Crippen molar-refractivity contribution in [3.05, 3.63) is 35.9 Å². The van der Waals surface area contributed by atoms with Gasteiger partial charge in [-0.3, -0.25) is 9.59 Å². The van der Waals surface area contributed by atoms with Crippen LogP contribution in [0.4, 0.5) is 0 Å². The van der Waals surface area contributed by atoms with Gasteiger partial charge in [0.25, 0.3) is 0 Å². The molecular formula is C17H24N2O3. The summed E-state index contributed by atoms with van der Waals surface area (Å²) in [7, 11) is 0. The van der Waals surface area contributed by atoms with Crippen LogP contribution in [0.2, 0.25) is 0 Å². The number of amides is 2. The van der Waals surface area contributed by atoms with Gasteiger partial charge in [0.2, 0.25) is 11.8 Å². The van der Waals surface area contributed by atoms with Crippen LogP contribution >= 0.6 is 0 Å². The highest BCUT2D eigenvalue weighted by molar-refractivity contribution is 5.89. The van der Waals surface area contributed by atoms with Crippen LogP contribution in [0.5, 0.6) is 0 Å². The molecule has 0 saturated carbocycles. The molecule has 1 aliphatic rings. The van der Waals surface area contributed by atoms with Crippen LogP contribution in [0.1, 0.15) is 38.3 Å². The van der Waals surface area contributed by atoms with Crippen LogP contribution < -0.4 is 5.32 Å². The molecule has 5 nitrogen and oxygen atoms in total. The summed E-state index contributed by atoms with van der Waals surface area (Å²) in [5.74, 6) is -0.288. The maximum atomic E-state index is 12.5. The lowest BCUT2D eigenvalue weighted by Crippen LogP contribution is -2.48. The lowest BCUT2D eigenvalue weighted by molar-refractivity contribution is -0.141. The highest BCUT2D eigenvalue weighted by Crippen LogP contribution is 2.21. The monoisotopic (exact) mass is 304 g/mol. The smallest absolute Gasteiger partial charge is 0.243 e. The van der Waals surface area contributed by atoms with Gasteiger partial charge in [-0.1, -0.05) is 44.2 Å². The van der Waals surface area contributed by atoms with Crippen LogP contribution in [-0.4, -0.2) is 41.0 Å². The number of likely N-dealkylation sites (tertiary alicyclic amines) is 1. The van der Waals surface area contributed by atoms with Crippen molar-refractivity contribution in [1.29, 1.82) is 0 Å². The highest BCUT2D eigenvalue weighted by atomic mass is 16.3. The summed E-state index contributed by atoms with van der Waals surface area (Å²) in [6, 6.07) is 8.50. The lowest BCUT2D eigenvalue weighted by atomic mass is 10.1. The summed E-state index contributed by atoms with van der Waals surface area (Å²) in [5.41, 5.74) is 0.859. The quantitative estimate of drug-likeness (QED) is 0.866. The molecule has 22 heavy (non-hydrogen) atoms. The fraction of sp³-hybridized carbons (Fsp3) is 0.529. The fourth-order valence-corrected chi connectivity index (χ4v) is 2.82. The zero-order valence-corrected chi connectivity index (χ0v) is 13.2. The molecular weight excluding hydrogens is 280 g/mol. The molecule has 1 saturated heterocycles. The molecule has 5 heteroatoms. The SMILES string of the molecule is CC(C)C(=O)N1CCCC1C(=O)N[C@H](CO)c1ccccc1. The Morgan fingerprint density at radius 1 is 1.32 bits per heavy atom. The van der Waals surface area contributed by atoms with Crippen molar-refractivity contribution >= 4 is 11.8 Å². The van der Waals surface area contributed by atoms with Crippen molar-refractivity contribution in [2.45, 2.75) is 38.8 Å². The summed E-state index contributed by atoms with van der Waals surface area (Å²) < 4.78 is 0. The van der Waals surface area contributed by atoms with Gasteiger partial charge in [0.05, 0.1) is 12.6 Å².